The minimum absolute atomic E-state index is 0.0158. The zero-order valence-electron chi connectivity index (χ0n) is 10.6. The number of rotatable bonds is 6. The van der Waals surface area contributed by atoms with Crippen LogP contribution in [0.1, 0.15) is 24.5 Å². The first-order valence-electron chi connectivity index (χ1n) is 5.65. The Balaban J connectivity index is 2.71. The Morgan fingerprint density at radius 3 is 2.89 bits per heavy atom. The lowest BCUT2D eigenvalue weighted by atomic mass is 10.1. The van der Waals surface area contributed by atoms with Crippen molar-refractivity contribution in [3.63, 3.8) is 0 Å². The molecule has 18 heavy (non-hydrogen) atoms. The maximum atomic E-state index is 10.8. The number of ether oxygens (including phenoxy) is 1. The molecule has 0 aliphatic heterocycles. The van der Waals surface area contributed by atoms with Crippen molar-refractivity contribution in [2.24, 2.45) is 5.73 Å². The molecule has 0 spiro atoms. The largest absolute Gasteiger partial charge is 0.496 e. The number of nitrogens with zero attached hydrogens (tertiary/aromatic N) is 1. The van der Waals surface area contributed by atoms with Crippen molar-refractivity contribution in [1.82, 2.24) is 5.32 Å². The molecule has 96 valence electrons. The second-order valence-corrected chi connectivity index (χ2v) is 4.09. The van der Waals surface area contributed by atoms with E-state index >= 15 is 0 Å². The molecule has 1 atom stereocenters. The molecule has 0 saturated carbocycles. The first-order chi connectivity index (χ1) is 8.56. The average Bonchev–Trinajstić information content (AvgIpc) is 2.35. The molecule has 0 heterocycles. The number of benzene rings is 1. The fourth-order valence-electron chi connectivity index (χ4n) is 1.64. The van der Waals surface area contributed by atoms with Gasteiger partial charge in [-0.1, -0.05) is 0 Å². The van der Waals surface area contributed by atoms with Gasteiger partial charge in [-0.25, -0.2) is 0 Å². The molecule has 0 fully saturated rings. The normalized spacial score (nSPS) is 11.6. The van der Waals surface area contributed by atoms with Crippen LogP contribution in [0.4, 0.5) is 0 Å². The highest BCUT2D eigenvalue weighted by Gasteiger charge is 2.08. The Hall–Kier alpha value is -2.06. The van der Waals surface area contributed by atoms with Crippen LogP contribution in [-0.2, 0) is 11.3 Å². The molecule has 5 nitrogen and oxygen atoms in total. The molecule has 3 N–H and O–H groups in total. The first-order valence-corrected chi connectivity index (χ1v) is 5.65. The van der Waals surface area contributed by atoms with Gasteiger partial charge in [0, 0.05) is 24.6 Å². The van der Waals surface area contributed by atoms with Crippen molar-refractivity contribution < 1.29 is 9.53 Å². The number of carbonyl (C=O) groups excluding carboxylic acids is 1. The van der Waals surface area contributed by atoms with Gasteiger partial charge in [0.1, 0.15) is 5.75 Å². The van der Waals surface area contributed by atoms with E-state index in [-0.39, 0.29) is 18.4 Å². The Labute approximate surface area is 107 Å². The zero-order valence-corrected chi connectivity index (χ0v) is 10.6. The van der Waals surface area contributed by atoms with Gasteiger partial charge < -0.3 is 15.8 Å². The van der Waals surface area contributed by atoms with Crippen molar-refractivity contribution >= 4 is 5.91 Å². The van der Waals surface area contributed by atoms with Gasteiger partial charge in [-0.2, -0.15) is 5.26 Å². The van der Waals surface area contributed by atoms with Crippen LogP contribution in [0.3, 0.4) is 0 Å². The smallest absolute Gasteiger partial charge is 0.218 e. The van der Waals surface area contributed by atoms with E-state index in [1.54, 1.807) is 25.3 Å². The molecule has 0 radical (unpaired) electrons. The molecule has 1 aromatic rings. The van der Waals surface area contributed by atoms with E-state index in [1.165, 1.54) is 0 Å². The van der Waals surface area contributed by atoms with Crippen molar-refractivity contribution in [3.05, 3.63) is 29.3 Å². The number of primary amides is 1. The lowest BCUT2D eigenvalue weighted by Gasteiger charge is -2.14. The van der Waals surface area contributed by atoms with Crippen LogP contribution in [0.2, 0.25) is 0 Å². The van der Waals surface area contributed by atoms with E-state index < -0.39 is 0 Å². The van der Waals surface area contributed by atoms with Gasteiger partial charge in [0.15, 0.2) is 0 Å². The van der Waals surface area contributed by atoms with Crippen molar-refractivity contribution in [2.75, 3.05) is 7.11 Å². The monoisotopic (exact) mass is 247 g/mol. The maximum Gasteiger partial charge on any atom is 0.218 e. The number of nitrogens with one attached hydrogen (secondary N) is 1. The summed E-state index contributed by atoms with van der Waals surface area (Å²) in [6, 6.07) is 7.29. The number of methoxy groups -OCH3 is 1. The lowest BCUT2D eigenvalue weighted by molar-refractivity contribution is -0.118. The van der Waals surface area contributed by atoms with Crippen LogP contribution in [0, 0.1) is 11.3 Å². The van der Waals surface area contributed by atoms with Crippen molar-refractivity contribution in [2.45, 2.75) is 25.9 Å². The van der Waals surface area contributed by atoms with Gasteiger partial charge in [-0.3, -0.25) is 4.79 Å². The van der Waals surface area contributed by atoms with Gasteiger partial charge in [0.2, 0.25) is 5.91 Å². The molecule has 0 aromatic heterocycles. The molecular formula is C13H17N3O2. The number of hydrogen-bond donors (Lipinski definition) is 2. The minimum Gasteiger partial charge on any atom is -0.496 e. The third-order valence-electron chi connectivity index (χ3n) is 2.56. The third-order valence-corrected chi connectivity index (χ3v) is 2.56. The molecule has 0 bridgehead atoms. The Morgan fingerprint density at radius 1 is 1.61 bits per heavy atom. The highest BCUT2D eigenvalue weighted by atomic mass is 16.5. The second-order valence-electron chi connectivity index (χ2n) is 4.09. The Morgan fingerprint density at radius 2 is 2.33 bits per heavy atom. The van der Waals surface area contributed by atoms with Gasteiger partial charge in [-0.05, 0) is 25.1 Å². The quantitative estimate of drug-likeness (QED) is 0.782. The summed E-state index contributed by atoms with van der Waals surface area (Å²) in [7, 11) is 1.58. The number of nitriles is 1. The first kappa shape index (κ1) is 14.0. The van der Waals surface area contributed by atoms with Crippen LogP contribution in [0.5, 0.6) is 5.75 Å². The summed E-state index contributed by atoms with van der Waals surface area (Å²) in [5.41, 5.74) is 6.58. The van der Waals surface area contributed by atoms with E-state index in [0.717, 1.165) is 5.56 Å². The van der Waals surface area contributed by atoms with Gasteiger partial charge in [0.25, 0.3) is 0 Å². The number of carbonyl (C=O) groups is 1. The number of nitrogens with two attached hydrogens (primary N) is 1. The van der Waals surface area contributed by atoms with E-state index in [2.05, 4.69) is 11.4 Å². The van der Waals surface area contributed by atoms with Gasteiger partial charge in [-0.15, -0.1) is 0 Å². The molecule has 0 aliphatic rings. The molecule has 1 amide bonds. The van der Waals surface area contributed by atoms with E-state index in [9.17, 15) is 4.79 Å². The van der Waals surface area contributed by atoms with Crippen LogP contribution >= 0.6 is 0 Å². The predicted octanol–water partition coefficient (Wildman–Crippen LogP) is 0.920. The Bertz CT molecular complexity index is 466. The Kier molecular flexibility index (Phi) is 5.15. The molecule has 1 rings (SSSR count). The highest BCUT2D eigenvalue weighted by molar-refractivity contribution is 5.74. The van der Waals surface area contributed by atoms with Crippen LogP contribution in [0.25, 0.3) is 0 Å². The molecule has 5 heteroatoms. The summed E-state index contributed by atoms with van der Waals surface area (Å²) < 4.78 is 5.22. The van der Waals surface area contributed by atoms with Crippen LogP contribution < -0.4 is 15.8 Å². The predicted molar refractivity (Wildman–Crippen MR) is 67.8 cm³/mol. The standard InChI is InChI=1S/C13H17N3O2/c1-9(5-13(15)17)16-8-11-6-10(7-14)3-4-12(11)18-2/h3-4,6,9,16H,5,8H2,1-2H3,(H2,15,17). The zero-order chi connectivity index (χ0) is 13.5. The highest BCUT2D eigenvalue weighted by Crippen LogP contribution is 2.19. The molecule has 1 unspecified atom stereocenters. The van der Waals surface area contributed by atoms with E-state index in [0.29, 0.717) is 17.9 Å². The van der Waals surface area contributed by atoms with Crippen molar-refractivity contribution in [3.8, 4) is 11.8 Å². The van der Waals surface area contributed by atoms with Gasteiger partial charge in [0.05, 0.1) is 18.7 Å². The lowest BCUT2D eigenvalue weighted by Crippen LogP contribution is -2.30. The summed E-state index contributed by atoms with van der Waals surface area (Å²) in [6.45, 7) is 2.40. The van der Waals surface area contributed by atoms with Gasteiger partial charge >= 0.3 is 0 Å². The SMILES string of the molecule is COc1ccc(C#N)cc1CNC(C)CC(N)=O. The summed E-state index contributed by atoms with van der Waals surface area (Å²) >= 11 is 0. The van der Waals surface area contributed by atoms with Crippen molar-refractivity contribution in [1.29, 1.82) is 5.26 Å². The summed E-state index contributed by atoms with van der Waals surface area (Å²) in [6.07, 6.45) is 0.278. The topological polar surface area (TPSA) is 88.1 Å². The number of hydrogen-bond acceptors (Lipinski definition) is 4. The van der Waals surface area contributed by atoms with E-state index in [4.69, 9.17) is 15.7 Å². The molecular weight excluding hydrogens is 230 g/mol. The molecule has 0 saturated heterocycles. The maximum absolute atomic E-state index is 10.8. The molecule has 0 aliphatic carbocycles. The molecule has 1 aromatic carbocycles. The number of amides is 1. The summed E-state index contributed by atoms with van der Waals surface area (Å²) in [5, 5.41) is 12.0. The fraction of sp³-hybridized carbons (Fsp3) is 0.385. The average molecular weight is 247 g/mol. The van der Waals surface area contributed by atoms with E-state index in [1.807, 2.05) is 6.92 Å². The summed E-state index contributed by atoms with van der Waals surface area (Å²) in [5.74, 6) is 0.375. The third kappa shape index (κ3) is 4.07. The minimum atomic E-state index is -0.340. The fourth-order valence-corrected chi connectivity index (χ4v) is 1.64. The second kappa shape index (κ2) is 6.62. The summed E-state index contributed by atoms with van der Waals surface area (Å²) in [4.78, 5) is 10.8. The van der Waals surface area contributed by atoms with Crippen LogP contribution in [-0.4, -0.2) is 19.1 Å². The van der Waals surface area contributed by atoms with Crippen LogP contribution in [0.15, 0.2) is 18.2 Å².